The Morgan fingerprint density at radius 3 is 2.95 bits per heavy atom. The van der Waals surface area contributed by atoms with E-state index in [1.807, 2.05) is 13.0 Å². The molecular formula is C17H22FNO. The summed E-state index contributed by atoms with van der Waals surface area (Å²) >= 11 is 0. The van der Waals surface area contributed by atoms with Gasteiger partial charge in [0.2, 0.25) is 0 Å². The van der Waals surface area contributed by atoms with Crippen LogP contribution in [0.2, 0.25) is 0 Å². The average molecular weight is 275 g/mol. The van der Waals surface area contributed by atoms with E-state index < -0.39 is 0 Å². The maximum absolute atomic E-state index is 13.4. The maximum atomic E-state index is 13.4. The molecule has 2 rings (SSSR count). The molecule has 0 fully saturated rings. The van der Waals surface area contributed by atoms with Gasteiger partial charge in [0.05, 0.1) is 6.04 Å². The number of halogens is 1. The van der Waals surface area contributed by atoms with Gasteiger partial charge in [-0.25, -0.2) is 4.39 Å². The second kappa shape index (κ2) is 6.71. The van der Waals surface area contributed by atoms with Gasteiger partial charge in [-0.15, -0.1) is 6.58 Å². The number of rotatable bonds is 7. The van der Waals surface area contributed by atoms with Gasteiger partial charge >= 0.3 is 0 Å². The summed E-state index contributed by atoms with van der Waals surface area (Å²) in [5, 5.41) is 4.32. The fraction of sp³-hybridized carbons (Fsp3) is 0.412. The first kappa shape index (κ1) is 14.8. The number of hydrogen-bond donors (Lipinski definition) is 1. The van der Waals surface area contributed by atoms with Crippen LogP contribution in [0.25, 0.3) is 11.0 Å². The Morgan fingerprint density at radius 1 is 1.45 bits per heavy atom. The first-order valence-corrected chi connectivity index (χ1v) is 7.20. The summed E-state index contributed by atoms with van der Waals surface area (Å²) < 4.78 is 19.3. The van der Waals surface area contributed by atoms with Crippen molar-refractivity contribution in [1.82, 2.24) is 5.32 Å². The van der Waals surface area contributed by atoms with Gasteiger partial charge in [-0.1, -0.05) is 13.0 Å². The van der Waals surface area contributed by atoms with E-state index in [1.54, 1.807) is 12.1 Å². The zero-order valence-electron chi connectivity index (χ0n) is 12.2. The molecule has 1 heterocycles. The molecule has 0 saturated carbocycles. The number of unbranched alkanes of at least 4 members (excludes halogenated alkanes) is 1. The minimum absolute atomic E-state index is 0.176. The van der Waals surface area contributed by atoms with Crippen LogP contribution in [0.3, 0.4) is 0 Å². The molecule has 0 aliphatic heterocycles. The van der Waals surface area contributed by atoms with E-state index in [4.69, 9.17) is 4.42 Å². The van der Waals surface area contributed by atoms with Crippen LogP contribution >= 0.6 is 0 Å². The molecule has 0 saturated heterocycles. The standard InChI is InChI=1S/C17H22FNO/c1-4-6-7-8-15(19-5-2)17-12(3)14-11-13(18)9-10-16(14)20-17/h4,9-11,15,19H,1,5-8H2,2-3H3. The van der Waals surface area contributed by atoms with Crippen LogP contribution in [-0.4, -0.2) is 6.54 Å². The fourth-order valence-electron chi connectivity index (χ4n) is 2.58. The molecule has 0 aliphatic carbocycles. The monoisotopic (exact) mass is 275 g/mol. The van der Waals surface area contributed by atoms with Crippen molar-refractivity contribution in [3.05, 3.63) is 48.0 Å². The van der Waals surface area contributed by atoms with Crippen LogP contribution in [0, 0.1) is 12.7 Å². The van der Waals surface area contributed by atoms with Crippen molar-refractivity contribution in [2.75, 3.05) is 6.54 Å². The summed E-state index contributed by atoms with van der Waals surface area (Å²) in [6.07, 6.45) is 4.98. The van der Waals surface area contributed by atoms with Gasteiger partial charge in [0.15, 0.2) is 0 Å². The summed E-state index contributed by atoms with van der Waals surface area (Å²) in [6, 6.07) is 4.86. The number of hydrogen-bond acceptors (Lipinski definition) is 2. The highest BCUT2D eigenvalue weighted by molar-refractivity contribution is 5.82. The van der Waals surface area contributed by atoms with Gasteiger partial charge in [-0.05, 0) is 50.9 Å². The lowest BCUT2D eigenvalue weighted by Crippen LogP contribution is -2.21. The molecule has 0 amide bonds. The SMILES string of the molecule is C=CCCCC(NCC)c1oc2ccc(F)cc2c1C. The van der Waals surface area contributed by atoms with Crippen LogP contribution in [0.15, 0.2) is 35.3 Å². The molecule has 3 heteroatoms. The van der Waals surface area contributed by atoms with Crippen LogP contribution in [-0.2, 0) is 0 Å². The minimum Gasteiger partial charge on any atom is -0.459 e. The average Bonchev–Trinajstić information content (AvgIpc) is 2.75. The van der Waals surface area contributed by atoms with Gasteiger partial charge in [-0.3, -0.25) is 0 Å². The normalized spacial score (nSPS) is 12.8. The van der Waals surface area contributed by atoms with Crippen LogP contribution < -0.4 is 5.32 Å². The lowest BCUT2D eigenvalue weighted by Gasteiger charge is -2.16. The highest BCUT2D eigenvalue weighted by atomic mass is 19.1. The molecule has 1 atom stereocenters. The number of allylic oxidation sites excluding steroid dienone is 1. The summed E-state index contributed by atoms with van der Waals surface area (Å²) in [5.74, 6) is 0.705. The second-order valence-electron chi connectivity index (χ2n) is 5.06. The molecule has 1 N–H and O–H groups in total. The molecule has 2 aromatic rings. The van der Waals surface area contributed by atoms with E-state index in [-0.39, 0.29) is 11.9 Å². The third kappa shape index (κ3) is 3.10. The van der Waals surface area contributed by atoms with E-state index >= 15 is 0 Å². The lowest BCUT2D eigenvalue weighted by molar-refractivity contribution is 0.408. The van der Waals surface area contributed by atoms with E-state index in [0.29, 0.717) is 0 Å². The van der Waals surface area contributed by atoms with Crippen LogP contribution in [0.1, 0.15) is 43.6 Å². The highest BCUT2D eigenvalue weighted by Gasteiger charge is 2.19. The van der Waals surface area contributed by atoms with Crippen LogP contribution in [0.5, 0.6) is 0 Å². The Balaban J connectivity index is 2.32. The molecule has 20 heavy (non-hydrogen) atoms. The minimum atomic E-state index is -0.223. The molecule has 1 unspecified atom stereocenters. The van der Waals surface area contributed by atoms with Crippen LogP contribution in [0.4, 0.5) is 4.39 Å². The van der Waals surface area contributed by atoms with E-state index in [9.17, 15) is 4.39 Å². The van der Waals surface area contributed by atoms with Gasteiger partial charge in [0.25, 0.3) is 0 Å². The Bertz CT molecular complexity index is 588. The molecular weight excluding hydrogens is 253 g/mol. The van der Waals surface area contributed by atoms with Crippen molar-refractivity contribution in [1.29, 1.82) is 0 Å². The van der Waals surface area contributed by atoms with Crippen molar-refractivity contribution in [2.45, 2.75) is 39.2 Å². The van der Waals surface area contributed by atoms with Gasteiger partial charge in [0, 0.05) is 10.9 Å². The predicted molar refractivity (Wildman–Crippen MR) is 81.4 cm³/mol. The number of benzene rings is 1. The number of furan rings is 1. The van der Waals surface area contributed by atoms with Gasteiger partial charge < -0.3 is 9.73 Å². The second-order valence-corrected chi connectivity index (χ2v) is 5.06. The zero-order valence-corrected chi connectivity index (χ0v) is 12.2. The molecule has 0 bridgehead atoms. The summed E-state index contributed by atoms with van der Waals surface area (Å²) in [7, 11) is 0. The van der Waals surface area contributed by atoms with E-state index in [2.05, 4.69) is 18.8 Å². The summed E-state index contributed by atoms with van der Waals surface area (Å²) in [5.41, 5.74) is 1.79. The molecule has 0 aliphatic rings. The first-order chi connectivity index (χ1) is 9.67. The fourth-order valence-corrected chi connectivity index (χ4v) is 2.58. The molecule has 108 valence electrons. The van der Waals surface area contributed by atoms with E-state index in [0.717, 1.165) is 48.1 Å². The van der Waals surface area contributed by atoms with Crippen molar-refractivity contribution in [3.8, 4) is 0 Å². The molecule has 0 radical (unpaired) electrons. The third-order valence-electron chi connectivity index (χ3n) is 3.60. The molecule has 2 nitrogen and oxygen atoms in total. The smallest absolute Gasteiger partial charge is 0.134 e. The Morgan fingerprint density at radius 2 is 2.25 bits per heavy atom. The van der Waals surface area contributed by atoms with Crippen molar-refractivity contribution in [2.24, 2.45) is 0 Å². The largest absolute Gasteiger partial charge is 0.459 e. The van der Waals surface area contributed by atoms with E-state index in [1.165, 1.54) is 6.07 Å². The third-order valence-corrected chi connectivity index (χ3v) is 3.60. The Kier molecular flexibility index (Phi) is 4.96. The molecule has 1 aromatic carbocycles. The molecule has 0 spiro atoms. The zero-order chi connectivity index (χ0) is 14.5. The van der Waals surface area contributed by atoms with Crippen molar-refractivity contribution < 1.29 is 8.81 Å². The summed E-state index contributed by atoms with van der Waals surface area (Å²) in [4.78, 5) is 0. The number of nitrogens with one attached hydrogen (secondary N) is 1. The van der Waals surface area contributed by atoms with Crippen molar-refractivity contribution >= 4 is 11.0 Å². The van der Waals surface area contributed by atoms with Crippen molar-refractivity contribution in [3.63, 3.8) is 0 Å². The van der Waals surface area contributed by atoms with Gasteiger partial charge in [0.1, 0.15) is 17.2 Å². The predicted octanol–water partition coefficient (Wildman–Crippen LogP) is 4.89. The Labute approximate surface area is 119 Å². The number of fused-ring (bicyclic) bond motifs is 1. The molecule has 1 aromatic heterocycles. The quantitative estimate of drug-likeness (QED) is 0.575. The van der Waals surface area contributed by atoms with Gasteiger partial charge in [-0.2, -0.15) is 0 Å². The summed E-state index contributed by atoms with van der Waals surface area (Å²) in [6.45, 7) is 8.71. The highest BCUT2D eigenvalue weighted by Crippen LogP contribution is 2.32. The number of aryl methyl sites for hydroxylation is 1. The topological polar surface area (TPSA) is 25.2 Å². The Hall–Kier alpha value is -1.61. The first-order valence-electron chi connectivity index (χ1n) is 7.20. The maximum Gasteiger partial charge on any atom is 0.134 e. The lowest BCUT2D eigenvalue weighted by atomic mass is 10.0.